The second-order valence-electron chi connectivity index (χ2n) is 5.59. The quantitative estimate of drug-likeness (QED) is 0.889. The molecule has 3 rings (SSSR count). The highest BCUT2D eigenvalue weighted by molar-refractivity contribution is 6.28. The number of aromatic nitrogens is 3. The molecular weight excluding hydrogens is 292 g/mol. The molecule has 1 amide bonds. The Labute approximate surface area is 128 Å². The van der Waals surface area contributed by atoms with Crippen LogP contribution in [0.15, 0.2) is 0 Å². The Morgan fingerprint density at radius 1 is 1.05 bits per heavy atom. The van der Waals surface area contributed by atoms with Gasteiger partial charge in [-0.3, -0.25) is 4.79 Å². The molecule has 21 heavy (non-hydrogen) atoms. The maximum Gasteiger partial charge on any atom is 0.231 e. The number of primary amides is 1. The van der Waals surface area contributed by atoms with Gasteiger partial charge in [0.25, 0.3) is 0 Å². The Kier molecular flexibility index (Phi) is 4.10. The lowest BCUT2D eigenvalue weighted by molar-refractivity contribution is -0.122. The first-order valence-electron chi connectivity index (χ1n) is 7.34. The van der Waals surface area contributed by atoms with Gasteiger partial charge < -0.3 is 15.5 Å². The molecule has 2 aliphatic rings. The highest BCUT2D eigenvalue weighted by atomic mass is 35.5. The Morgan fingerprint density at radius 2 is 1.67 bits per heavy atom. The third kappa shape index (κ3) is 3.18. The van der Waals surface area contributed by atoms with E-state index in [1.54, 1.807) is 0 Å². The second kappa shape index (κ2) is 6.01. The molecule has 1 aromatic rings. The molecule has 2 N–H and O–H groups in total. The molecule has 2 saturated heterocycles. The molecule has 1 atom stereocenters. The fourth-order valence-electron chi connectivity index (χ4n) is 2.92. The maximum absolute atomic E-state index is 11.4. The molecule has 114 valence electrons. The summed E-state index contributed by atoms with van der Waals surface area (Å²) in [6, 6.07) is 0. The van der Waals surface area contributed by atoms with Crippen LogP contribution in [0.3, 0.4) is 0 Å². The summed E-state index contributed by atoms with van der Waals surface area (Å²) in [5.74, 6) is 0.760. The zero-order valence-electron chi connectivity index (χ0n) is 11.8. The fourth-order valence-corrected chi connectivity index (χ4v) is 3.07. The molecule has 0 radical (unpaired) electrons. The van der Waals surface area contributed by atoms with Gasteiger partial charge in [-0.1, -0.05) is 0 Å². The first-order chi connectivity index (χ1) is 10.1. The summed E-state index contributed by atoms with van der Waals surface area (Å²) in [6.07, 6.45) is 4.01. The van der Waals surface area contributed by atoms with E-state index in [0.717, 1.165) is 45.3 Å². The molecule has 2 fully saturated rings. The van der Waals surface area contributed by atoms with Gasteiger partial charge in [0.1, 0.15) is 0 Å². The van der Waals surface area contributed by atoms with E-state index in [4.69, 9.17) is 17.3 Å². The zero-order chi connectivity index (χ0) is 14.8. The number of hydrogen-bond acceptors (Lipinski definition) is 6. The van der Waals surface area contributed by atoms with Crippen molar-refractivity contribution in [2.24, 2.45) is 11.7 Å². The van der Waals surface area contributed by atoms with Gasteiger partial charge in [0.15, 0.2) is 0 Å². The largest absolute Gasteiger partial charge is 0.369 e. The van der Waals surface area contributed by atoms with Gasteiger partial charge in [0.05, 0.1) is 5.92 Å². The molecule has 0 saturated carbocycles. The summed E-state index contributed by atoms with van der Waals surface area (Å²) in [5.41, 5.74) is 5.41. The van der Waals surface area contributed by atoms with E-state index in [2.05, 4.69) is 19.9 Å². The van der Waals surface area contributed by atoms with E-state index in [9.17, 15) is 4.79 Å². The summed E-state index contributed by atoms with van der Waals surface area (Å²) in [6.45, 7) is 3.26. The molecule has 8 heteroatoms. The molecule has 2 aliphatic heterocycles. The van der Waals surface area contributed by atoms with Crippen LogP contribution in [-0.4, -0.2) is 47.0 Å². The average molecular weight is 311 g/mol. The van der Waals surface area contributed by atoms with Gasteiger partial charge in [0, 0.05) is 26.2 Å². The Bertz CT molecular complexity index is 533. The van der Waals surface area contributed by atoms with Crippen molar-refractivity contribution in [1.82, 2.24) is 15.0 Å². The third-order valence-electron chi connectivity index (χ3n) is 4.08. The number of rotatable bonds is 3. The summed E-state index contributed by atoms with van der Waals surface area (Å²) < 4.78 is 0. The van der Waals surface area contributed by atoms with Crippen molar-refractivity contribution in [3.05, 3.63) is 5.28 Å². The van der Waals surface area contributed by atoms with Crippen molar-refractivity contribution in [2.45, 2.75) is 25.7 Å². The molecule has 0 bridgehead atoms. The van der Waals surface area contributed by atoms with Crippen LogP contribution in [0.5, 0.6) is 0 Å². The van der Waals surface area contributed by atoms with E-state index in [1.165, 1.54) is 0 Å². The predicted octanol–water partition coefficient (Wildman–Crippen LogP) is 0.827. The number of amides is 1. The van der Waals surface area contributed by atoms with Gasteiger partial charge >= 0.3 is 0 Å². The highest BCUT2D eigenvalue weighted by Crippen LogP contribution is 2.24. The summed E-state index contributed by atoms with van der Waals surface area (Å²) in [7, 11) is 0. The normalized spacial score (nSPS) is 22.6. The lowest BCUT2D eigenvalue weighted by atomic mass is 9.98. The van der Waals surface area contributed by atoms with E-state index in [-0.39, 0.29) is 17.1 Å². The third-order valence-corrected chi connectivity index (χ3v) is 4.25. The van der Waals surface area contributed by atoms with Crippen LogP contribution in [0.2, 0.25) is 5.28 Å². The Morgan fingerprint density at radius 3 is 2.33 bits per heavy atom. The standard InChI is InChI=1S/C13H19ClN6O/c14-11-16-12(19-5-1-2-6-19)18-13(17-11)20-7-3-4-9(8-20)10(15)21/h9H,1-8H2,(H2,15,21). The van der Waals surface area contributed by atoms with Crippen LogP contribution >= 0.6 is 11.6 Å². The minimum Gasteiger partial charge on any atom is -0.369 e. The molecule has 1 aromatic heterocycles. The van der Waals surface area contributed by atoms with Gasteiger partial charge in [-0.2, -0.15) is 15.0 Å². The van der Waals surface area contributed by atoms with Crippen molar-refractivity contribution >= 4 is 29.4 Å². The zero-order valence-corrected chi connectivity index (χ0v) is 12.6. The topological polar surface area (TPSA) is 88.2 Å². The first kappa shape index (κ1) is 14.3. The van der Waals surface area contributed by atoms with E-state index in [0.29, 0.717) is 18.4 Å². The Hall–Kier alpha value is -1.63. The minimum atomic E-state index is -0.264. The number of anilines is 2. The number of nitrogens with two attached hydrogens (primary N) is 1. The van der Waals surface area contributed by atoms with Gasteiger partial charge in [-0.15, -0.1) is 0 Å². The van der Waals surface area contributed by atoms with Crippen LogP contribution in [0, 0.1) is 5.92 Å². The van der Waals surface area contributed by atoms with E-state index >= 15 is 0 Å². The number of hydrogen-bond donors (Lipinski definition) is 1. The van der Waals surface area contributed by atoms with Gasteiger partial charge in [-0.05, 0) is 37.3 Å². The summed E-state index contributed by atoms with van der Waals surface area (Å²) >= 11 is 6.04. The molecule has 7 nitrogen and oxygen atoms in total. The van der Waals surface area contributed by atoms with Crippen LogP contribution in [0.25, 0.3) is 0 Å². The van der Waals surface area contributed by atoms with Crippen molar-refractivity contribution in [3.8, 4) is 0 Å². The van der Waals surface area contributed by atoms with Crippen molar-refractivity contribution < 1.29 is 4.79 Å². The number of nitrogens with zero attached hydrogens (tertiary/aromatic N) is 5. The van der Waals surface area contributed by atoms with E-state index in [1.807, 2.05) is 4.90 Å². The van der Waals surface area contributed by atoms with Crippen LogP contribution in [-0.2, 0) is 4.79 Å². The second-order valence-corrected chi connectivity index (χ2v) is 5.92. The molecule has 3 heterocycles. The number of carbonyl (C=O) groups is 1. The van der Waals surface area contributed by atoms with Crippen molar-refractivity contribution in [1.29, 1.82) is 0 Å². The molecule has 1 unspecified atom stereocenters. The highest BCUT2D eigenvalue weighted by Gasteiger charge is 2.27. The van der Waals surface area contributed by atoms with Gasteiger partial charge in [-0.25, -0.2) is 0 Å². The van der Waals surface area contributed by atoms with Crippen LogP contribution < -0.4 is 15.5 Å². The van der Waals surface area contributed by atoms with Gasteiger partial charge in [0.2, 0.25) is 23.1 Å². The monoisotopic (exact) mass is 310 g/mol. The van der Waals surface area contributed by atoms with Crippen molar-refractivity contribution in [2.75, 3.05) is 36.0 Å². The first-order valence-corrected chi connectivity index (χ1v) is 7.72. The van der Waals surface area contributed by atoms with Crippen molar-refractivity contribution in [3.63, 3.8) is 0 Å². The predicted molar refractivity (Wildman–Crippen MR) is 80.4 cm³/mol. The molecule has 0 spiro atoms. The Balaban J connectivity index is 1.82. The SMILES string of the molecule is NC(=O)C1CCCN(c2nc(Cl)nc(N3CCCC3)n2)C1. The average Bonchev–Trinajstić information content (AvgIpc) is 3.01. The minimum absolute atomic E-state index is 0.149. The maximum atomic E-state index is 11.4. The van der Waals surface area contributed by atoms with Crippen LogP contribution in [0.1, 0.15) is 25.7 Å². The fraction of sp³-hybridized carbons (Fsp3) is 0.692. The lowest BCUT2D eigenvalue weighted by Crippen LogP contribution is -2.42. The number of piperidine rings is 1. The van der Waals surface area contributed by atoms with Crippen LogP contribution in [0.4, 0.5) is 11.9 Å². The molecule has 0 aromatic carbocycles. The number of carbonyl (C=O) groups excluding carboxylic acids is 1. The lowest BCUT2D eigenvalue weighted by Gasteiger charge is -2.31. The molecular formula is C13H19ClN6O. The molecule has 0 aliphatic carbocycles. The van der Waals surface area contributed by atoms with E-state index < -0.39 is 0 Å². The number of halogens is 1. The smallest absolute Gasteiger partial charge is 0.231 e. The summed E-state index contributed by atoms with van der Waals surface area (Å²) in [4.78, 5) is 28.4. The summed E-state index contributed by atoms with van der Waals surface area (Å²) in [5, 5.41) is 0.197.